The number of hydrogen-bond acceptors (Lipinski definition) is 6. The van der Waals surface area contributed by atoms with E-state index in [-0.39, 0.29) is 11.9 Å². The van der Waals surface area contributed by atoms with Crippen molar-refractivity contribution < 1.29 is 22.6 Å². The Bertz CT molecular complexity index is 1210. The van der Waals surface area contributed by atoms with E-state index in [9.17, 15) is 13.2 Å². The SMILES string of the molecule is C/C=C(/NC)c1cc(Oc2cc(C)c(N(C)C(C)Nc3ccc(OC(F)(F)F)cc3)cc2C)ccn1.CC.CC. The lowest BCUT2D eigenvalue weighted by Crippen LogP contribution is -2.36. The van der Waals surface area contributed by atoms with Crippen LogP contribution >= 0.6 is 0 Å². The van der Waals surface area contributed by atoms with Crippen LogP contribution in [-0.4, -0.2) is 31.6 Å². The Morgan fingerprint density at radius 3 is 2.12 bits per heavy atom. The summed E-state index contributed by atoms with van der Waals surface area (Å²) in [5.41, 5.74) is 5.35. The predicted molar refractivity (Wildman–Crippen MR) is 160 cm³/mol. The van der Waals surface area contributed by atoms with Crippen LogP contribution in [0.2, 0.25) is 0 Å². The Labute approximate surface area is 237 Å². The number of halogens is 3. The molecule has 2 N–H and O–H groups in total. The number of hydrogen-bond donors (Lipinski definition) is 2. The minimum Gasteiger partial charge on any atom is -0.457 e. The molecule has 0 aliphatic rings. The molecule has 0 radical (unpaired) electrons. The summed E-state index contributed by atoms with van der Waals surface area (Å²) in [5.74, 6) is 1.17. The Morgan fingerprint density at radius 1 is 0.950 bits per heavy atom. The van der Waals surface area contributed by atoms with Gasteiger partial charge in [-0.15, -0.1) is 13.2 Å². The Morgan fingerprint density at radius 2 is 1.57 bits per heavy atom. The third-order valence-electron chi connectivity index (χ3n) is 5.71. The van der Waals surface area contributed by atoms with Crippen molar-refractivity contribution in [2.45, 2.75) is 67.9 Å². The van der Waals surface area contributed by atoms with Gasteiger partial charge in [0.05, 0.1) is 17.6 Å². The minimum absolute atomic E-state index is 0.146. The second-order valence-corrected chi connectivity index (χ2v) is 8.34. The van der Waals surface area contributed by atoms with E-state index in [1.54, 1.807) is 18.3 Å². The average Bonchev–Trinajstić information content (AvgIpc) is 2.93. The molecule has 3 aromatic rings. The van der Waals surface area contributed by atoms with Crippen molar-refractivity contribution in [1.29, 1.82) is 0 Å². The summed E-state index contributed by atoms with van der Waals surface area (Å²) in [6.07, 6.45) is -1.19. The first kappa shape index (κ1) is 34.1. The number of aryl methyl sites for hydroxylation is 2. The van der Waals surface area contributed by atoms with E-state index in [0.717, 1.165) is 34.0 Å². The van der Waals surface area contributed by atoms with Crippen molar-refractivity contribution in [2.75, 3.05) is 24.3 Å². The molecule has 1 unspecified atom stereocenters. The zero-order valence-electron chi connectivity index (χ0n) is 25.2. The number of nitrogens with one attached hydrogen (secondary N) is 2. The lowest BCUT2D eigenvalue weighted by Gasteiger charge is -2.30. The van der Waals surface area contributed by atoms with Crippen LogP contribution in [0.25, 0.3) is 5.70 Å². The van der Waals surface area contributed by atoms with Crippen LogP contribution in [-0.2, 0) is 0 Å². The van der Waals surface area contributed by atoms with Crippen LogP contribution in [0.15, 0.2) is 60.8 Å². The third kappa shape index (κ3) is 10.0. The standard InChI is InChI=1S/C27H31F3N4O2.2C2H6/c1-7-23(31-5)24-16-22(12-13-32-24)35-26-15-17(2)25(14-18(26)3)34(6)19(4)33-20-8-10-21(11-9-20)36-27(28,29)30;2*1-2/h7-16,19,31,33H,1-6H3;2*1-2H3/b23-7+;;. The summed E-state index contributed by atoms with van der Waals surface area (Å²) >= 11 is 0. The number of ether oxygens (including phenoxy) is 2. The normalized spacial score (nSPS) is 11.7. The number of anilines is 2. The van der Waals surface area contributed by atoms with Crippen LogP contribution < -0.4 is 25.0 Å². The average molecular weight is 561 g/mol. The molecule has 0 bridgehead atoms. The molecule has 1 aromatic heterocycles. The highest BCUT2D eigenvalue weighted by atomic mass is 19.4. The molecule has 3 rings (SSSR count). The Balaban J connectivity index is 0.00000191. The maximum absolute atomic E-state index is 12.4. The number of benzene rings is 2. The number of allylic oxidation sites excluding steroid dienone is 1. The van der Waals surface area contributed by atoms with Crippen molar-refractivity contribution in [1.82, 2.24) is 10.3 Å². The molecule has 0 aliphatic carbocycles. The van der Waals surface area contributed by atoms with Crippen molar-refractivity contribution in [2.24, 2.45) is 0 Å². The van der Waals surface area contributed by atoms with Gasteiger partial charge in [-0.2, -0.15) is 0 Å². The summed E-state index contributed by atoms with van der Waals surface area (Å²) in [5, 5.41) is 6.42. The third-order valence-corrected chi connectivity index (χ3v) is 5.71. The fourth-order valence-corrected chi connectivity index (χ4v) is 3.73. The molecule has 40 heavy (non-hydrogen) atoms. The molecule has 0 spiro atoms. The van der Waals surface area contributed by atoms with Gasteiger partial charge in [0, 0.05) is 37.7 Å². The summed E-state index contributed by atoms with van der Waals surface area (Å²) in [7, 11) is 3.80. The second kappa shape index (κ2) is 16.3. The van der Waals surface area contributed by atoms with Gasteiger partial charge in [-0.05, 0) is 81.3 Å². The molecule has 2 aromatic carbocycles. The highest BCUT2D eigenvalue weighted by Gasteiger charge is 2.31. The first-order chi connectivity index (χ1) is 19.0. The van der Waals surface area contributed by atoms with Gasteiger partial charge in [0.1, 0.15) is 17.2 Å². The number of pyridine rings is 1. The van der Waals surface area contributed by atoms with Crippen LogP contribution in [0, 0.1) is 13.8 Å². The molecule has 0 amide bonds. The molecule has 1 atom stereocenters. The maximum atomic E-state index is 12.4. The zero-order chi connectivity index (χ0) is 30.5. The molecule has 0 aliphatic heterocycles. The van der Waals surface area contributed by atoms with Crippen molar-refractivity contribution in [3.05, 3.63) is 77.6 Å². The highest BCUT2D eigenvalue weighted by Crippen LogP contribution is 2.33. The van der Waals surface area contributed by atoms with Gasteiger partial charge in [0.25, 0.3) is 0 Å². The van der Waals surface area contributed by atoms with Gasteiger partial charge < -0.3 is 25.0 Å². The molecular formula is C31H43F3N4O2. The lowest BCUT2D eigenvalue weighted by molar-refractivity contribution is -0.274. The maximum Gasteiger partial charge on any atom is 0.573 e. The molecule has 220 valence electrons. The molecule has 9 heteroatoms. The van der Waals surface area contributed by atoms with E-state index in [2.05, 4.69) is 31.3 Å². The van der Waals surface area contributed by atoms with E-state index >= 15 is 0 Å². The largest absolute Gasteiger partial charge is 0.573 e. The van der Waals surface area contributed by atoms with Crippen LogP contribution in [0.4, 0.5) is 24.5 Å². The van der Waals surface area contributed by atoms with Gasteiger partial charge in [0.15, 0.2) is 0 Å². The Kier molecular flexibility index (Phi) is 13.9. The van der Waals surface area contributed by atoms with E-state index in [1.165, 1.54) is 12.1 Å². The lowest BCUT2D eigenvalue weighted by atomic mass is 10.1. The topological polar surface area (TPSA) is 58.7 Å². The summed E-state index contributed by atoms with van der Waals surface area (Å²) < 4.78 is 47.3. The highest BCUT2D eigenvalue weighted by molar-refractivity contribution is 5.63. The van der Waals surface area contributed by atoms with Gasteiger partial charge in [-0.1, -0.05) is 33.8 Å². The summed E-state index contributed by atoms with van der Waals surface area (Å²) in [4.78, 5) is 6.45. The summed E-state index contributed by atoms with van der Waals surface area (Å²) in [6.45, 7) is 15.9. The minimum atomic E-state index is -4.71. The molecule has 6 nitrogen and oxygen atoms in total. The van der Waals surface area contributed by atoms with Crippen LogP contribution in [0.3, 0.4) is 0 Å². The monoisotopic (exact) mass is 560 g/mol. The molecular weight excluding hydrogens is 517 g/mol. The first-order valence-corrected chi connectivity index (χ1v) is 13.5. The summed E-state index contributed by atoms with van der Waals surface area (Å²) in [6, 6.07) is 13.4. The number of nitrogens with zero attached hydrogens (tertiary/aromatic N) is 2. The Hall–Kier alpha value is -3.88. The van der Waals surface area contributed by atoms with Crippen molar-refractivity contribution in [3.63, 3.8) is 0 Å². The molecule has 1 heterocycles. The number of alkyl halides is 3. The van der Waals surface area contributed by atoms with Crippen LogP contribution in [0.1, 0.15) is 58.4 Å². The number of rotatable bonds is 9. The molecule has 0 saturated carbocycles. The molecule has 0 saturated heterocycles. The van der Waals surface area contributed by atoms with Gasteiger partial charge in [0.2, 0.25) is 0 Å². The fourth-order valence-electron chi connectivity index (χ4n) is 3.73. The fraction of sp³-hybridized carbons (Fsp3) is 0.387. The second-order valence-electron chi connectivity index (χ2n) is 8.34. The van der Waals surface area contributed by atoms with E-state index < -0.39 is 6.36 Å². The van der Waals surface area contributed by atoms with Crippen molar-refractivity contribution in [3.8, 4) is 17.2 Å². The van der Waals surface area contributed by atoms with Gasteiger partial charge >= 0.3 is 6.36 Å². The van der Waals surface area contributed by atoms with E-state index in [4.69, 9.17) is 4.74 Å². The molecule has 0 fully saturated rings. The smallest absolute Gasteiger partial charge is 0.457 e. The van der Waals surface area contributed by atoms with E-state index in [0.29, 0.717) is 11.4 Å². The van der Waals surface area contributed by atoms with Crippen molar-refractivity contribution >= 4 is 17.1 Å². The van der Waals surface area contributed by atoms with Crippen LogP contribution in [0.5, 0.6) is 17.2 Å². The zero-order valence-corrected chi connectivity index (χ0v) is 25.2. The van der Waals surface area contributed by atoms with Gasteiger partial charge in [-0.25, -0.2) is 0 Å². The van der Waals surface area contributed by atoms with E-state index in [1.807, 2.05) is 93.8 Å². The predicted octanol–water partition coefficient (Wildman–Crippen LogP) is 8.92. The quantitative estimate of drug-likeness (QED) is 0.255. The number of aromatic nitrogens is 1. The van der Waals surface area contributed by atoms with Gasteiger partial charge in [-0.3, -0.25) is 4.98 Å². The first-order valence-electron chi connectivity index (χ1n) is 13.5.